The monoisotopic (exact) mass is 328 g/mol. The van der Waals surface area contributed by atoms with Gasteiger partial charge in [0, 0.05) is 5.25 Å². The van der Waals surface area contributed by atoms with Crippen molar-refractivity contribution in [3.05, 3.63) is 0 Å². The zero-order valence-corrected chi connectivity index (χ0v) is 15.1. The van der Waals surface area contributed by atoms with Crippen LogP contribution >= 0.6 is 17.1 Å². The molecular formula is C12H25O4PS2. The van der Waals surface area contributed by atoms with Gasteiger partial charge in [-0.25, -0.2) is 0 Å². The maximum atomic E-state index is 11.4. The Labute approximate surface area is 125 Å². The highest BCUT2D eigenvalue weighted by molar-refractivity contribution is 8.68. The van der Waals surface area contributed by atoms with Gasteiger partial charge in [0.1, 0.15) is 0 Å². The smallest absolute Gasteiger partial charge is 0.306 e. The van der Waals surface area contributed by atoms with E-state index >= 15 is 0 Å². The molecule has 0 aliphatic heterocycles. The van der Waals surface area contributed by atoms with Crippen LogP contribution in [0.15, 0.2) is 0 Å². The molecule has 0 aromatic heterocycles. The summed E-state index contributed by atoms with van der Waals surface area (Å²) in [5.41, 5.74) is -2.42. The fourth-order valence-electron chi connectivity index (χ4n) is 1.30. The van der Waals surface area contributed by atoms with Crippen LogP contribution in [0.4, 0.5) is 0 Å². The Hall–Kier alpha value is 0.390. The van der Waals surface area contributed by atoms with Gasteiger partial charge in [-0.15, -0.1) is 0 Å². The minimum absolute atomic E-state index is 0.00637. The fraction of sp³-hybridized carbons (Fsp3) is 0.917. The second-order valence-electron chi connectivity index (χ2n) is 4.68. The van der Waals surface area contributed by atoms with E-state index < -0.39 is 5.69 Å². The second kappa shape index (κ2) is 9.35. The SMILES string of the molecule is CCOC(=O)CC(C)SP(=S)(OC(C)C)OC(C)C. The summed E-state index contributed by atoms with van der Waals surface area (Å²) in [4.78, 5) is 11.4. The van der Waals surface area contributed by atoms with E-state index in [1.54, 1.807) is 6.92 Å². The first-order chi connectivity index (χ1) is 8.68. The number of hydrogen-bond acceptors (Lipinski definition) is 6. The quantitative estimate of drug-likeness (QED) is 0.468. The average molecular weight is 328 g/mol. The maximum absolute atomic E-state index is 11.4. The summed E-state index contributed by atoms with van der Waals surface area (Å²) >= 11 is 6.96. The third-order valence-corrected chi connectivity index (χ3v) is 7.55. The Bertz CT molecular complexity index is 307. The van der Waals surface area contributed by atoms with Gasteiger partial charge in [0.2, 0.25) is 5.69 Å². The van der Waals surface area contributed by atoms with Crippen LogP contribution in [0.3, 0.4) is 0 Å². The minimum atomic E-state index is -2.42. The summed E-state index contributed by atoms with van der Waals surface area (Å²) in [6.45, 7) is 11.9. The Morgan fingerprint density at radius 2 is 1.63 bits per heavy atom. The number of hydrogen-bond donors (Lipinski definition) is 0. The lowest BCUT2D eigenvalue weighted by molar-refractivity contribution is -0.142. The van der Waals surface area contributed by atoms with E-state index in [9.17, 15) is 4.79 Å². The van der Waals surface area contributed by atoms with Gasteiger partial charge < -0.3 is 13.8 Å². The summed E-state index contributed by atoms with van der Waals surface area (Å²) < 4.78 is 16.5. The standard InChI is InChI=1S/C12H25O4PS2/c1-7-14-12(13)8-11(6)19-17(18,15-9(2)3)16-10(4)5/h9-11H,7-8H2,1-6H3. The van der Waals surface area contributed by atoms with Crippen LogP contribution in [0.5, 0.6) is 0 Å². The molecule has 1 unspecified atom stereocenters. The van der Waals surface area contributed by atoms with Gasteiger partial charge in [-0.3, -0.25) is 4.79 Å². The van der Waals surface area contributed by atoms with Crippen LogP contribution in [-0.4, -0.2) is 30.0 Å². The molecule has 0 bridgehead atoms. The summed E-state index contributed by atoms with van der Waals surface area (Å²) in [6.07, 6.45) is 0.332. The first-order valence-electron chi connectivity index (χ1n) is 6.49. The van der Waals surface area contributed by atoms with E-state index in [0.29, 0.717) is 13.0 Å². The van der Waals surface area contributed by atoms with E-state index in [1.807, 2.05) is 34.6 Å². The van der Waals surface area contributed by atoms with Gasteiger partial charge in [0.25, 0.3) is 0 Å². The molecule has 0 aromatic carbocycles. The van der Waals surface area contributed by atoms with Crippen molar-refractivity contribution in [1.29, 1.82) is 0 Å². The topological polar surface area (TPSA) is 44.8 Å². The molecule has 114 valence electrons. The molecule has 0 radical (unpaired) electrons. The van der Waals surface area contributed by atoms with Crippen LogP contribution in [0.2, 0.25) is 0 Å². The van der Waals surface area contributed by atoms with Gasteiger partial charge in [0.15, 0.2) is 0 Å². The minimum Gasteiger partial charge on any atom is -0.466 e. The van der Waals surface area contributed by atoms with Crippen molar-refractivity contribution in [3.63, 3.8) is 0 Å². The van der Waals surface area contributed by atoms with E-state index in [0.717, 1.165) is 0 Å². The Morgan fingerprint density at radius 3 is 2.00 bits per heavy atom. The lowest BCUT2D eigenvalue weighted by Gasteiger charge is -2.27. The highest BCUT2D eigenvalue weighted by atomic mass is 32.9. The molecule has 0 aromatic rings. The molecule has 0 saturated carbocycles. The number of rotatable bonds is 9. The van der Waals surface area contributed by atoms with Crippen molar-refractivity contribution in [1.82, 2.24) is 0 Å². The molecular weight excluding hydrogens is 303 g/mol. The second-order valence-corrected chi connectivity index (χ2v) is 11.2. The zero-order valence-electron chi connectivity index (χ0n) is 12.5. The molecule has 19 heavy (non-hydrogen) atoms. The van der Waals surface area contributed by atoms with Gasteiger partial charge in [-0.05, 0) is 46.4 Å². The molecule has 1 atom stereocenters. The number of ether oxygens (including phenoxy) is 1. The molecule has 0 rings (SSSR count). The van der Waals surface area contributed by atoms with E-state index in [2.05, 4.69) is 0 Å². The molecule has 0 amide bonds. The molecule has 0 spiro atoms. The van der Waals surface area contributed by atoms with Crippen molar-refractivity contribution in [2.24, 2.45) is 0 Å². The molecule has 0 aliphatic carbocycles. The van der Waals surface area contributed by atoms with Gasteiger partial charge in [-0.1, -0.05) is 18.3 Å². The largest absolute Gasteiger partial charge is 0.466 e. The van der Waals surface area contributed by atoms with E-state index in [1.165, 1.54) is 11.4 Å². The molecule has 7 heteroatoms. The van der Waals surface area contributed by atoms with E-state index in [4.69, 9.17) is 25.6 Å². The van der Waals surface area contributed by atoms with Crippen molar-refractivity contribution in [2.45, 2.75) is 65.4 Å². The number of carbonyl (C=O) groups excluding carboxylic acids is 1. The highest BCUT2D eigenvalue weighted by Gasteiger charge is 2.27. The molecule has 0 fully saturated rings. The zero-order chi connectivity index (χ0) is 15.1. The van der Waals surface area contributed by atoms with Crippen LogP contribution < -0.4 is 0 Å². The maximum Gasteiger partial charge on any atom is 0.306 e. The van der Waals surface area contributed by atoms with Crippen molar-refractivity contribution < 1.29 is 18.6 Å². The molecule has 0 aliphatic rings. The van der Waals surface area contributed by atoms with Crippen molar-refractivity contribution in [3.8, 4) is 0 Å². The first-order valence-corrected chi connectivity index (χ1v) is 10.6. The first kappa shape index (κ1) is 19.4. The van der Waals surface area contributed by atoms with Gasteiger partial charge in [0.05, 0.1) is 25.2 Å². The van der Waals surface area contributed by atoms with Crippen molar-refractivity contribution in [2.75, 3.05) is 6.61 Å². The third-order valence-electron chi connectivity index (χ3n) is 1.75. The lowest BCUT2D eigenvalue weighted by Crippen LogP contribution is -2.12. The fourth-order valence-corrected chi connectivity index (χ4v) is 8.37. The third kappa shape index (κ3) is 9.85. The Kier molecular flexibility index (Phi) is 9.54. The Morgan fingerprint density at radius 1 is 1.16 bits per heavy atom. The van der Waals surface area contributed by atoms with E-state index in [-0.39, 0.29) is 23.4 Å². The number of carbonyl (C=O) groups is 1. The van der Waals surface area contributed by atoms with Crippen LogP contribution in [0.25, 0.3) is 0 Å². The van der Waals surface area contributed by atoms with Crippen LogP contribution in [0.1, 0.15) is 48.0 Å². The summed E-state index contributed by atoms with van der Waals surface area (Å²) in [6, 6.07) is 0. The highest BCUT2D eigenvalue weighted by Crippen LogP contribution is 2.64. The summed E-state index contributed by atoms with van der Waals surface area (Å²) in [7, 11) is 0. The molecule has 0 N–H and O–H groups in total. The summed E-state index contributed by atoms with van der Waals surface area (Å²) in [5, 5.41) is 0.0161. The molecule has 0 saturated heterocycles. The van der Waals surface area contributed by atoms with Gasteiger partial charge in [-0.2, -0.15) is 0 Å². The molecule has 4 nitrogen and oxygen atoms in total. The van der Waals surface area contributed by atoms with Gasteiger partial charge >= 0.3 is 5.97 Å². The predicted molar refractivity (Wildman–Crippen MR) is 85.0 cm³/mol. The van der Waals surface area contributed by atoms with Crippen LogP contribution in [-0.2, 0) is 30.4 Å². The predicted octanol–water partition coefficient (Wildman–Crippen LogP) is 4.14. The lowest BCUT2D eigenvalue weighted by atomic mass is 10.3. The Balaban J connectivity index is 4.54. The van der Waals surface area contributed by atoms with Crippen molar-refractivity contribution >= 4 is 34.9 Å². The van der Waals surface area contributed by atoms with Crippen LogP contribution in [0, 0.1) is 0 Å². The molecule has 0 heterocycles. The number of esters is 1. The average Bonchev–Trinajstić information content (AvgIpc) is 2.12. The normalized spacial score (nSPS) is 13.9. The summed E-state index contributed by atoms with van der Waals surface area (Å²) in [5.74, 6) is -0.210.